The van der Waals surface area contributed by atoms with Crippen molar-refractivity contribution >= 4 is 27.5 Å². The molecule has 2 atom stereocenters. The van der Waals surface area contributed by atoms with Crippen molar-refractivity contribution in [2.75, 3.05) is 0 Å². The van der Waals surface area contributed by atoms with Crippen molar-refractivity contribution in [3.63, 3.8) is 0 Å². The molecular weight excluding hydrogens is 272 g/mol. The molecule has 0 bridgehead atoms. The Morgan fingerprint density at radius 2 is 2.07 bits per heavy atom. The second kappa shape index (κ2) is 4.88. The number of rotatable bonds is 4. The van der Waals surface area contributed by atoms with Gasteiger partial charge in [-0.25, -0.2) is 0 Å². The van der Waals surface area contributed by atoms with Crippen LogP contribution in [-0.2, 0) is 6.42 Å². The fourth-order valence-electron chi connectivity index (χ4n) is 1.98. The van der Waals surface area contributed by atoms with E-state index >= 15 is 0 Å². The summed E-state index contributed by atoms with van der Waals surface area (Å²) in [5.74, 6) is 1.71. The molecule has 0 radical (unpaired) electrons. The summed E-state index contributed by atoms with van der Waals surface area (Å²) in [6.45, 7) is 2.34. The Balaban J connectivity index is 1.98. The second-order valence-electron chi connectivity index (χ2n) is 4.51. The molecular formula is C13H16BrCl. The highest BCUT2D eigenvalue weighted by atomic mass is 79.9. The van der Waals surface area contributed by atoms with E-state index < -0.39 is 0 Å². The second-order valence-corrected chi connectivity index (χ2v) is 6.09. The third kappa shape index (κ3) is 2.98. The molecule has 0 N–H and O–H groups in total. The van der Waals surface area contributed by atoms with Crippen molar-refractivity contribution in [2.45, 2.75) is 31.0 Å². The first-order chi connectivity index (χ1) is 7.18. The van der Waals surface area contributed by atoms with Gasteiger partial charge in [-0.05, 0) is 42.7 Å². The van der Waals surface area contributed by atoms with Crippen LogP contribution in [0.2, 0.25) is 5.02 Å². The van der Waals surface area contributed by atoms with Crippen LogP contribution in [0.5, 0.6) is 0 Å². The van der Waals surface area contributed by atoms with Gasteiger partial charge in [0.2, 0.25) is 0 Å². The smallest absolute Gasteiger partial charge is 0.0438 e. The molecule has 1 aliphatic carbocycles. The van der Waals surface area contributed by atoms with Crippen molar-refractivity contribution in [2.24, 2.45) is 11.8 Å². The molecule has 0 amide bonds. The van der Waals surface area contributed by atoms with E-state index in [1.54, 1.807) is 0 Å². The van der Waals surface area contributed by atoms with E-state index in [0.29, 0.717) is 4.83 Å². The van der Waals surface area contributed by atoms with E-state index in [1.165, 1.54) is 18.4 Å². The Kier molecular flexibility index (Phi) is 3.73. The number of benzene rings is 1. The zero-order valence-corrected chi connectivity index (χ0v) is 11.3. The van der Waals surface area contributed by atoms with Gasteiger partial charge in [-0.3, -0.25) is 0 Å². The SMILES string of the molecule is CC(C(Br)Cc1ccccc1Cl)C1CC1. The first kappa shape index (κ1) is 11.5. The van der Waals surface area contributed by atoms with E-state index in [9.17, 15) is 0 Å². The summed E-state index contributed by atoms with van der Waals surface area (Å²) in [6, 6.07) is 8.14. The summed E-state index contributed by atoms with van der Waals surface area (Å²) in [7, 11) is 0. The van der Waals surface area contributed by atoms with Crippen LogP contribution >= 0.6 is 27.5 Å². The first-order valence-electron chi connectivity index (χ1n) is 5.56. The Morgan fingerprint density at radius 1 is 1.40 bits per heavy atom. The molecule has 0 nitrogen and oxygen atoms in total. The molecule has 0 spiro atoms. The molecule has 1 aromatic carbocycles. The van der Waals surface area contributed by atoms with Crippen LogP contribution < -0.4 is 0 Å². The number of hydrogen-bond acceptors (Lipinski definition) is 0. The van der Waals surface area contributed by atoms with Crippen LogP contribution in [0.1, 0.15) is 25.3 Å². The van der Waals surface area contributed by atoms with Gasteiger partial charge in [-0.2, -0.15) is 0 Å². The van der Waals surface area contributed by atoms with Crippen molar-refractivity contribution in [1.29, 1.82) is 0 Å². The largest absolute Gasteiger partial charge is 0.0884 e. The average molecular weight is 288 g/mol. The van der Waals surface area contributed by atoms with Gasteiger partial charge in [0.15, 0.2) is 0 Å². The predicted octanol–water partition coefficient (Wildman–Crippen LogP) is 4.69. The summed E-state index contributed by atoms with van der Waals surface area (Å²) < 4.78 is 0. The molecule has 0 aromatic heterocycles. The third-order valence-corrected chi connectivity index (χ3v) is 4.84. The summed E-state index contributed by atoms with van der Waals surface area (Å²) in [6.07, 6.45) is 3.86. The minimum atomic E-state index is 0.560. The van der Waals surface area contributed by atoms with Crippen LogP contribution in [-0.4, -0.2) is 4.83 Å². The summed E-state index contributed by atoms with van der Waals surface area (Å²) >= 11 is 9.94. The maximum absolute atomic E-state index is 6.15. The van der Waals surface area contributed by atoms with E-state index in [1.807, 2.05) is 12.1 Å². The summed E-state index contributed by atoms with van der Waals surface area (Å²) in [4.78, 5) is 0.560. The Hall–Kier alpha value is -0.0100. The Morgan fingerprint density at radius 3 is 2.67 bits per heavy atom. The number of hydrogen-bond donors (Lipinski definition) is 0. The van der Waals surface area contributed by atoms with Crippen molar-refractivity contribution < 1.29 is 0 Å². The van der Waals surface area contributed by atoms with Crippen molar-refractivity contribution in [3.05, 3.63) is 34.9 Å². The number of halogens is 2. The molecule has 1 saturated carbocycles. The normalized spacial score (nSPS) is 19.9. The molecule has 2 heteroatoms. The lowest BCUT2D eigenvalue weighted by atomic mass is 9.97. The van der Waals surface area contributed by atoms with Crippen LogP contribution in [0.25, 0.3) is 0 Å². The van der Waals surface area contributed by atoms with Crippen molar-refractivity contribution in [1.82, 2.24) is 0 Å². The molecule has 2 unspecified atom stereocenters. The van der Waals surface area contributed by atoms with E-state index in [2.05, 4.69) is 35.0 Å². The van der Waals surface area contributed by atoms with Gasteiger partial charge in [0.1, 0.15) is 0 Å². The van der Waals surface area contributed by atoms with Gasteiger partial charge in [0, 0.05) is 9.85 Å². The minimum absolute atomic E-state index is 0.560. The Bertz CT molecular complexity index is 333. The molecule has 1 aromatic rings. The van der Waals surface area contributed by atoms with Gasteiger partial charge < -0.3 is 0 Å². The van der Waals surface area contributed by atoms with Gasteiger partial charge in [0.05, 0.1) is 0 Å². The van der Waals surface area contributed by atoms with Gasteiger partial charge in [0.25, 0.3) is 0 Å². The maximum Gasteiger partial charge on any atom is 0.0438 e. The topological polar surface area (TPSA) is 0 Å². The van der Waals surface area contributed by atoms with Crippen LogP contribution in [0.15, 0.2) is 24.3 Å². The predicted molar refractivity (Wildman–Crippen MR) is 69.8 cm³/mol. The minimum Gasteiger partial charge on any atom is -0.0884 e. The molecule has 0 saturated heterocycles. The average Bonchev–Trinajstić information content (AvgIpc) is 3.04. The zero-order valence-electron chi connectivity index (χ0n) is 8.92. The lowest BCUT2D eigenvalue weighted by molar-refractivity contribution is 0.490. The quantitative estimate of drug-likeness (QED) is 0.705. The van der Waals surface area contributed by atoms with Gasteiger partial charge in [-0.1, -0.05) is 52.7 Å². The lowest BCUT2D eigenvalue weighted by Crippen LogP contribution is -2.15. The fourth-order valence-corrected chi connectivity index (χ4v) is 2.97. The highest BCUT2D eigenvalue weighted by Crippen LogP contribution is 2.41. The highest BCUT2D eigenvalue weighted by Gasteiger charge is 2.32. The highest BCUT2D eigenvalue weighted by molar-refractivity contribution is 9.09. The standard InChI is InChI=1S/C13H16BrCl/c1-9(10-6-7-10)12(14)8-11-4-2-3-5-13(11)15/h2-5,9-10,12H,6-8H2,1H3. The van der Waals surface area contributed by atoms with Crippen LogP contribution in [0, 0.1) is 11.8 Å². The molecule has 82 valence electrons. The Labute approximate surface area is 105 Å². The summed E-state index contributed by atoms with van der Waals surface area (Å²) in [5.41, 5.74) is 1.26. The molecule has 2 rings (SSSR count). The monoisotopic (exact) mass is 286 g/mol. The molecule has 0 heterocycles. The molecule has 0 aliphatic heterocycles. The van der Waals surface area contributed by atoms with E-state index in [0.717, 1.165) is 23.3 Å². The third-order valence-electron chi connectivity index (χ3n) is 3.31. The van der Waals surface area contributed by atoms with Gasteiger partial charge >= 0.3 is 0 Å². The fraction of sp³-hybridized carbons (Fsp3) is 0.538. The first-order valence-corrected chi connectivity index (χ1v) is 6.85. The molecule has 1 fully saturated rings. The summed E-state index contributed by atoms with van der Waals surface area (Å²) in [5, 5.41) is 0.893. The van der Waals surface area contributed by atoms with E-state index in [4.69, 9.17) is 11.6 Å². The van der Waals surface area contributed by atoms with Gasteiger partial charge in [-0.15, -0.1) is 0 Å². The van der Waals surface area contributed by atoms with Crippen LogP contribution in [0.3, 0.4) is 0 Å². The lowest BCUT2D eigenvalue weighted by Gasteiger charge is -2.18. The maximum atomic E-state index is 6.15. The molecule has 15 heavy (non-hydrogen) atoms. The number of alkyl halides is 1. The van der Waals surface area contributed by atoms with Crippen molar-refractivity contribution in [3.8, 4) is 0 Å². The van der Waals surface area contributed by atoms with Crippen LogP contribution in [0.4, 0.5) is 0 Å². The molecule has 1 aliphatic rings. The van der Waals surface area contributed by atoms with E-state index in [-0.39, 0.29) is 0 Å². The zero-order chi connectivity index (χ0) is 10.8.